The molecule has 0 aromatic rings. The second kappa shape index (κ2) is 5.41. The van der Waals surface area contributed by atoms with Crippen molar-refractivity contribution in [3.63, 3.8) is 0 Å². The number of fused-ring (bicyclic) bond motifs is 10. The largest absolute Gasteiger partial charge is 0.567 e. The van der Waals surface area contributed by atoms with Gasteiger partial charge in [0.1, 0.15) is 10.8 Å². The van der Waals surface area contributed by atoms with Crippen LogP contribution in [0.2, 0.25) is 0 Å². The van der Waals surface area contributed by atoms with E-state index in [-0.39, 0.29) is 22.6 Å². The van der Waals surface area contributed by atoms with Crippen LogP contribution in [0.25, 0.3) is 0 Å². The summed E-state index contributed by atoms with van der Waals surface area (Å²) in [5.74, 6) is 3.19. The number of azo groups is 1. The van der Waals surface area contributed by atoms with Crippen LogP contribution in [0.4, 0.5) is 0 Å². The van der Waals surface area contributed by atoms with E-state index in [0.717, 1.165) is 25.7 Å². The monoisotopic (exact) mass is 394 g/mol. The number of halogens is 2. The van der Waals surface area contributed by atoms with Crippen molar-refractivity contribution in [2.24, 2.45) is 47.3 Å². The smallest absolute Gasteiger partial charge is 0.249 e. The van der Waals surface area contributed by atoms with Gasteiger partial charge in [0.25, 0.3) is 0 Å². The van der Waals surface area contributed by atoms with Gasteiger partial charge in [-0.25, -0.2) is 0 Å². The minimum Gasteiger partial charge on any atom is -0.567 e. The molecule has 140 valence electrons. The minimum absolute atomic E-state index is 0.215. The van der Waals surface area contributed by atoms with Gasteiger partial charge >= 0.3 is 0 Å². The molecule has 0 amide bonds. The molecule has 0 spiro atoms. The molecular weight excluding hydrogens is 371 g/mol. The molecule has 0 saturated heterocycles. The van der Waals surface area contributed by atoms with Crippen molar-refractivity contribution in [1.29, 1.82) is 0 Å². The Hall–Kier alpha value is -0.740. The van der Waals surface area contributed by atoms with Gasteiger partial charge in [-0.1, -0.05) is 24.3 Å². The zero-order valence-electron chi connectivity index (χ0n) is 14.5. The summed E-state index contributed by atoms with van der Waals surface area (Å²) in [6.07, 6.45) is 13.1. The molecule has 0 radical (unpaired) electrons. The Kier molecular flexibility index (Phi) is 3.38. The van der Waals surface area contributed by atoms with Crippen LogP contribution in [-0.2, 0) is 0 Å². The van der Waals surface area contributed by atoms with Crippen molar-refractivity contribution in [2.45, 2.75) is 48.5 Å². The molecule has 26 heavy (non-hydrogen) atoms. The molecule has 6 unspecified atom stereocenters. The number of hydroxylamine groups is 2. The third kappa shape index (κ3) is 1.83. The lowest BCUT2D eigenvalue weighted by Crippen LogP contribution is -2.50. The van der Waals surface area contributed by atoms with Gasteiger partial charge in [-0.2, -0.15) is 0 Å². The predicted molar refractivity (Wildman–Crippen MR) is 98.8 cm³/mol. The summed E-state index contributed by atoms with van der Waals surface area (Å²) in [4.78, 5) is 1.41. The number of hydrogen-bond acceptors (Lipinski definition) is 2. The quantitative estimate of drug-likeness (QED) is 0.232. The lowest BCUT2D eigenvalue weighted by molar-refractivity contribution is -1.000. The maximum absolute atomic E-state index is 13.2. The summed E-state index contributed by atoms with van der Waals surface area (Å²) in [5, 5.41) is 25.9. The first-order valence-corrected chi connectivity index (χ1v) is 11.0. The highest BCUT2D eigenvalue weighted by atomic mass is 35.5. The standard InChI is InChI=1S/C20H24Cl2N2O2/c21-17-13-7-15(11-5-1-3-9(11)13)19(17)23(25)24(26)20-16-8-14(18(20)22)10-4-2-6-12(10)16/h1-2,5-6,9-20H,3-4,7-8H2/b24-23-/t9-,10+,11+,12-,13?,14?,15?,16?,17?,18?,19-,20+. The van der Waals surface area contributed by atoms with Crippen molar-refractivity contribution < 1.29 is 9.72 Å². The highest BCUT2D eigenvalue weighted by Crippen LogP contribution is 2.60. The van der Waals surface area contributed by atoms with E-state index in [1.807, 2.05) is 0 Å². The summed E-state index contributed by atoms with van der Waals surface area (Å²) >= 11 is 13.4. The molecule has 0 aliphatic heterocycles. The molecule has 6 rings (SSSR count). The van der Waals surface area contributed by atoms with Crippen LogP contribution < -0.4 is 0 Å². The Morgan fingerprint density at radius 3 is 1.50 bits per heavy atom. The fourth-order valence-corrected chi connectivity index (χ4v) is 8.94. The van der Waals surface area contributed by atoms with Crippen LogP contribution in [0.1, 0.15) is 25.7 Å². The zero-order valence-corrected chi connectivity index (χ0v) is 16.0. The van der Waals surface area contributed by atoms with Crippen LogP contribution in [0.3, 0.4) is 0 Å². The first-order chi connectivity index (χ1) is 12.6. The van der Waals surface area contributed by atoms with Crippen LogP contribution in [0.5, 0.6) is 0 Å². The van der Waals surface area contributed by atoms with E-state index in [1.54, 1.807) is 0 Å². The van der Waals surface area contributed by atoms with E-state index in [1.165, 1.54) is 0 Å². The van der Waals surface area contributed by atoms with Crippen molar-refractivity contribution in [3.8, 4) is 0 Å². The van der Waals surface area contributed by atoms with Crippen LogP contribution in [0, 0.1) is 57.8 Å². The van der Waals surface area contributed by atoms with Gasteiger partial charge < -0.3 is 10.4 Å². The molecule has 4 saturated carbocycles. The van der Waals surface area contributed by atoms with Crippen molar-refractivity contribution >= 4 is 23.2 Å². The Balaban J connectivity index is 1.33. The Morgan fingerprint density at radius 1 is 0.654 bits per heavy atom. The summed E-state index contributed by atoms with van der Waals surface area (Å²) in [5.41, 5.74) is 0. The molecule has 0 N–H and O–H groups in total. The van der Waals surface area contributed by atoms with Gasteiger partial charge in [0.2, 0.25) is 12.1 Å². The van der Waals surface area contributed by atoms with E-state index >= 15 is 0 Å². The van der Waals surface area contributed by atoms with Gasteiger partial charge in [-0.05, 0) is 61.2 Å². The number of nitrogens with zero attached hydrogens (tertiary/aromatic N) is 2. The minimum atomic E-state index is -0.402. The molecule has 6 aliphatic rings. The maximum Gasteiger partial charge on any atom is 0.249 e. The average molecular weight is 395 g/mol. The molecule has 6 heteroatoms. The number of allylic oxidation sites excluding steroid dienone is 4. The molecule has 0 aromatic carbocycles. The van der Waals surface area contributed by atoms with Gasteiger partial charge in [0, 0.05) is 21.6 Å². The maximum atomic E-state index is 13.2. The molecule has 4 bridgehead atoms. The van der Waals surface area contributed by atoms with E-state index in [0.29, 0.717) is 45.2 Å². The third-order valence-electron chi connectivity index (χ3n) is 8.75. The SMILES string of the molecule is [O-]/[N+]([C@@H]1C(Cl)C2CC1[C@@H]1C=CC[C@H]21)=[N+](\[O-])[C@H]1C(Cl)C2CC1[C@H]1C=CC[C@@H]21. The summed E-state index contributed by atoms with van der Waals surface area (Å²) in [7, 11) is 0. The predicted octanol–water partition coefficient (Wildman–Crippen LogP) is 4.10. The number of rotatable bonds is 2. The number of alkyl halides is 2. The van der Waals surface area contributed by atoms with E-state index in [4.69, 9.17) is 23.2 Å². The van der Waals surface area contributed by atoms with E-state index in [9.17, 15) is 10.4 Å². The van der Waals surface area contributed by atoms with Crippen molar-refractivity contribution in [1.82, 2.24) is 0 Å². The first-order valence-electron chi connectivity index (χ1n) is 10.1. The highest BCUT2D eigenvalue weighted by Gasteiger charge is 2.66. The van der Waals surface area contributed by atoms with E-state index in [2.05, 4.69) is 24.3 Å². The second-order valence-corrected chi connectivity index (χ2v) is 10.4. The van der Waals surface area contributed by atoms with Crippen molar-refractivity contribution in [2.75, 3.05) is 0 Å². The van der Waals surface area contributed by atoms with Crippen LogP contribution >= 0.6 is 23.2 Å². The summed E-state index contributed by atoms with van der Waals surface area (Å²) in [6, 6.07) is -0.804. The van der Waals surface area contributed by atoms with Gasteiger partial charge in [-0.3, -0.25) is 0 Å². The van der Waals surface area contributed by atoms with Gasteiger partial charge in [-0.15, -0.1) is 23.2 Å². The normalized spacial score (nSPS) is 59.2. The van der Waals surface area contributed by atoms with Crippen LogP contribution in [0.15, 0.2) is 24.3 Å². The molecule has 0 aromatic heterocycles. The fraction of sp³-hybridized carbons (Fsp3) is 0.800. The molecule has 4 nitrogen and oxygen atoms in total. The summed E-state index contributed by atoms with van der Waals surface area (Å²) in [6.45, 7) is 0. The first kappa shape index (κ1) is 16.2. The molecule has 0 heterocycles. The van der Waals surface area contributed by atoms with Gasteiger partial charge in [0.15, 0.2) is 0 Å². The highest BCUT2D eigenvalue weighted by molar-refractivity contribution is 6.21. The lowest BCUT2D eigenvalue weighted by Gasteiger charge is -2.34. The van der Waals surface area contributed by atoms with Crippen molar-refractivity contribution in [3.05, 3.63) is 34.7 Å². The third-order valence-corrected chi connectivity index (χ3v) is 9.92. The molecule has 12 atom stereocenters. The average Bonchev–Trinajstić information content (AvgIpc) is 3.38. The van der Waals surface area contributed by atoms with E-state index < -0.39 is 12.1 Å². The van der Waals surface area contributed by atoms with Gasteiger partial charge in [0.05, 0.1) is 0 Å². The lowest BCUT2D eigenvalue weighted by atomic mass is 9.78. The molecule has 6 aliphatic carbocycles. The van der Waals surface area contributed by atoms with Crippen LogP contribution in [-0.4, -0.2) is 32.6 Å². The zero-order chi connectivity index (χ0) is 17.7. The molecular formula is C20H24Cl2N2O2. The Morgan fingerprint density at radius 2 is 1.08 bits per heavy atom. The number of hydrogen-bond donors (Lipinski definition) is 0. The summed E-state index contributed by atoms with van der Waals surface area (Å²) < 4.78 is 0. The Labute approximate surface area is 163 Å². The second-order valence-electron chi connectivity index (χ2n) is 9.41. The topological polar surface area (TPSA) is 52.1 Å². The fourth-order valence-electron chi connectivity index (χ4n) is 7.80. The molecule has 4 fully saturated rings. The Bertz CT molecular complexity index is 677.